The number of hydrogen-bond acceptors (Lipinski definition) is 2. The van der Waals surface area contributed by atoms with Crippen molar-refractivity contribution < 1.29 is 0 Å². The minimum Gasteiger partial charge on any atom is -0.330 e. The summed E-state index contributed by atoms with van der Waals surface area (Å²) < 4.78 is 0. The third-order valence-electron chi connectivity index (χ3n) is 5.93. The highest BCUT2D eigenvalue weighted by Gasteiger charge is 1.98. The molecule has 0 saturated heterocycles. The highest BCUT2D eigenvalue weighted by atomic mass is 14.8. The molecular weight excluding hydrogens is 388 g/mol. The third kappa shape index (κ3) is 14.4. The lowest BCUT2D eigenvalue weighted by Gasteiger charge is -2.07. The topological polar surface area (TPSA) is 38.0 Å². The Morgan fingerprint density at radius 3 is 1.59 bits per heavy atom. The van der Waals surface area contributed by atoms with Crippen LogP contribution in [0.1, 0.15) is 102 Å². The molecule has 2 rings (SSSR count). The Balaban J connectivity index is 0.000000482. The fraction of sp³-hybridized carbons (Fsp3) is 0.600. The van der Waals surface area contributed by atoms with Crippen molar-refractivity contribution in [2.24, 2.45) is 5.73 Å². The third-order valence-corrected chi connectivity index (χ3v) is 5.93. The van der Waals surface area contributed by atoms with Gasteiger partial charge in [0.1, 0.15) is 0 Å². The normalized spacial score (nSPS) is 10.6. The first-order valence-corrected chi connectivity index (χ1v) is 13.3. The van der Waals surface area contributed by atoms with Crippen LogP contribution in [0.3, 0.4) is 0 Å². The Bertz CT molecular complexity index is 640. The molecule has 0 aliphatic rings. The van der Waals surface area contributed by atoms with Crippen molar-refractivity contribution in [1.82, 2.24) is 5.32 Å². The number of nitrogens with two attached hydrogens (primary N) is 1. The van der Waals surface area contributed by atoms with E-state index in [2.05, 4.69) is 74.6 Å². The zero-order valence-corrected chi connectivity index (χ0v) is 21.3. The van der Waals surface area contributed by atoms with Gasteiger partial charge in [-0.25, -0.2) is 0 Å². The van der Waals surface area contributed by atoms with E-state index < -0.39 is 0 Å². The molecule has 0 atom stereocenters. The zero-order chi connectivity index (χ0) is 23.3. The molecular formula is C30H50N2. The van der Waals surface area contributed by atoms with Crippen LogP contribution in [-0.2, 0) is 6.54 Å². The minimum absolute atomic E-state index is 0.867. The molecule has 0 spiro atoms. The van der Waals surface area contributed by atoms with Gasteiger partial charge in [0.15, 0.2) is 0 Å². The van der Waals surface area contributed by atoms with Gasteiger partial charge in [0, 0.05) is 6.54 Å². The van der Waals surface area contributed by atoms with Gasteiger partial charge < -0.3 is 11.1 Å². The van der Waals surface area contributed by atoms with E-state index in [4.69, 9.17) is 5.73 Å². The van der Waals surface area contributed by atoms with Gasteiger partial charge in [-0.05, 0) is 49.5 Å². The average Bonchev–Trinajstić information content (AvgIpc) is 2.82. The van der Waals surface area contributed by atoms with Crippen molar-refractivity contribution in [3.63, 3.8) is 0 Å². The summed E-state index contributed by atoms with van der Waals surface area (Å²) in [6.45, 7) is 9.61. The van der Waals surface area contributed by atoms with Gasteiger partial charge in [0.2, 0.25) is 0 Å². The second-order valence-corrected chi connectivity index (χ2v) is 9.06. The molecule has 0 bridgehead atoms. The molecule has 3 N–H and O–H groups in total. The van der Waals surface area contributed by atoms with Gasteiger partial charge in [-0.15, -0.1) is 0 Å². The SMILES string of the molecule is CCCCCCCCN.CCCCCCCCNCc1ccc(-c2ccc(C)cc2)cc1. The predicted octanol–water partition coefficient (Wildman–Crippen LogP) is 8.42. The van der Waals surface area contributed by atoms with Crippen LogP contribution in [0.15, 0.2) is 48.5 Å². The van der Waals surface area contributed by atoms with E-state index in [-0.39, 0.29) is 0 Å². The van der Waals surface area contributed by atoms with Crippen LogP contribution in [0.4, 0.5) is 0 Å². The first-order chi connectivity index (χ1) is 15.7. The zero-order valence-electron chi connectivity index (χ0n) is 21.3. The van der Waals surface area contributed by atoms with Gasteiger partial charge in [0.25, 0.3) is 0 Å². The lowest BCUT2D eigenvalue weighted by molar-refractivity contribution is 0.572. The van der Waals surface area contributed by atoms with E-state index in [1.54, 1.807) is 0 Å². The largest absolute Gasteiger partial charge is 0.330 e. The van der Waals surface area contributed by atoms with Crippen molar-refractivity contribution >= 4 is 0 Å². The summed E-state index contributed by atoms with van der Waals surface area (Å²) in [5.74, 6) is 0. The summed E-state index contributed by atoms with van der Waals surface area (Å²) in [7, 11) is 0. The molecule has 0 aliphatic carbocycles. The highest BCUT2D eigenvalue weighted by Crippen LogP contribution is 2.20. The average molecular weight is 439 g/mol. The molecule has 2 nitrogen and oxygen atoms in total. The summed E-state index contributed by atoms with van der Waals surface area (Å²) in [4.78, 5) is 0. The molecule has 180 valence electrons. The van der Waals surface area contributed by atoms with Crippen molar-refractivity contribution in [3.05, 3.63) is 59.7 Å². The molecule has 0 saturated carbocycles. The number of rotatable bonds is 16. The summed E-state index contributed by atoms with van der Waals surface area (Å²) in [5.41, 5.74) is 10.6. The van der Waals surface area contributed by atoms with Crippen LogP contribution < -0.4 is 11.1 Å². The van der Waals surface area contributed by atoms with E-state index in [1.807, 2.05) is 0 Å². The molecule has 2 aromatic rings. The first kappa shape index (κ1) is 28.4. The van der Waals surface area contributed by atoms with Crippen LogP contribution >= 0.6 is 0 Å². The summed E-state index contributed by atoms with van der Waals surface area (Å²) >= 11 is 0. The summed E-state index contributed by atoms with van der Waals surface area (Å²) in [5, 5.41) is 3.56. The predicted molar refractivity (Wildman–Crippen MR) is 144 cm³/mol. The molecule has 32 heavy (non-hydrogen) atoms. The van der Waals surface area contributed by atoms with Gasteiger partial charge in [-0.3, -0.25) is 0 Å². The minimum atomic E-state index is 0.867. The summed E-state index contributed by atoms with van der Waals surface area (Å²) in [6.07, 6.45) is 16.2. The number of benzene rings is 2. The lowest BCUT2D eigenvalue weighted by Crippen LogP contribution is -2.14. The summed E-state index contributed by atoms with van der Waals surface area (Å²) in [6, 6.07) is 17.7. The molecule has 0 aromatic heterocycles. The van der Waals surface area contributed by atoms with Gasteiger partial charge >= 0.3 is 0 Å². The fourth-order valence-corrected chi connectivity index (χ4v) is 3.75. The molecule has 0 aliphatic heterocycles. The van der Waals surface area contributed by atoms with E-state index in [0.717, 1.165) is 19.6 Å². The molecule has 0 amide bonds. The van der Waals surface area contributed by atoms with Gasteiger partial charge in [-0.1, -0.05) is 132 Å². The lowest BCUT2D eigenvalue weighted by atomic mass is 10.0. The Morgan fingerprint density at radius 1 is 0.594 bits per heavy atom. The van der Waals surface area contributed by atoms with E-state index in [9.17, 15) is 0 Å². The Kier molecular flexibility index (Phi) is 17.7. The van der Waals surface area contributed by atoms with Crippen molar-refractivity contribution in [2.45, 2.75) is 104 Å². The second-order valence-electron chi connectivity index (χ2n) is 9.06. The number of aryl methyl sites for hydroxylation is 1. The standard InChI is InChI=1S/C22H31N.C8H19N/c1-3-4-5-6-7-8-17-23-18-20-11-15-22(16-12-20)21-13-9-19(2)10-14-21;1-2-3-4-5-6-7-8-9/h9-16,23H,3-8,17-18H2,1-2H3;2-9H2,1H3. The van der Waals surface area contributed by atoms with Crippen LogP contribution in [0.2, 0.25) is 0 Å². The molecule has 0 fully saturated rings. The Labute approximate surface area is 199 Å². The van der Waals surface area contributed by atoms with Crippen LogP contribution in [0.25, 0.3) is 11.1 Å². The van der Waals surface area contributed by atoms with E-state index in [1.165, 1.54) is 99.3 Å². The van der Waals surface area contributed by atoms with Crippen molar-refractivity contribution in [2.75, 3.05) is 13.1 Å². The van der Waals surface area contributed by atoms with Crippen LogP contribution in [0, 0.1) is 6.92 Å². The smallest absolute Gasteiger partial charge is 0.0205 e. The van der Waals surface area contributed by atoms with Gasteiger partial charge in [-0.2, -0.15) is 0 Å². The molecule has 0 heterocycles. The van der Waals surface area contributed by atoms with Gasteiger partial charge in [0.05, 0.1) is 0 Å². The maximum Gasteiger partial charge on any atom is 0.0205 e. The highest BCUT2D eigenvalue weighted by molar-refractivity contribution is 5.63. The Hall–Kier alpha value is -1.64. The number of hydrogen-bond donors (Lipinski definition) is 2. The maximum atomic E-state index is 5.34. The number of nitrogens with one attached hydrogen (secondary N) is 1. The molecule has 2 heteroatoms. The second kappa shape index (κ2) is 20.0. The van der Waals surface area contributed by atoms with Crippen LogP contribution in [0.5, 0.6) is 0 Å². The Morgan fingerprint density at radius 2 is 1.06 bits per heavy atom. The number of unbranched alkanes of at least 4 members (excludes halogenated alkanes) is 10. The fourth-order valence-electron chi connectivity index (χ4n) is 3.75. The van der Waals surface area contributed by atoms with Crippen molar-refractivity contribution in [3.8, 4) is 11.1 Å². The van der Waals surface area contributed by atoms with Crippen molar-refractivity contribution in [1.29, 1.82) is 0 Å². The molecule has 0 unspecified atom stereocenters. The van der Waals surface area contributed by atoms with E-state index in [0.29, 0.717) is 0 Å². The maximum absolute atomic E-state index is 5.34. The quantitative estimate of drug-likeness (QED) is 0.258. The monoisotopic (exact) mass is 438 g/mol. The van der Waals surface area contributed by atoms with Crippen LogP contribution in [-0.4, -0.2) is 13.1 Å². The van der Waals surface area contributed by atoms with E-state index >= 15 is 0 Å². The molecule has 0 radical (unpaired) electrons. The molecule has 2 aromatic carbocycles. The first-order valence-electron chi connectivity index (χ1n) is 13.3.